The maximum atomic E-state index is 10.8. The fraction of sp³-hybridized carbons (Fsp3) is 0.778. The summed E-state index contributed by atoms with van der Waals surface area (Å²) in [5.41, 5.74) is -0.139. The second kappa shape index (κ2) is 6.36. The highest BCUT2D eigenvalue weighted by Crippen LogP contribution is 2.11. The molecule has 6 nitrogen and oxygen atoms in total. The Bertz CT molecular complexity index is 238. The van der Waals surface area contributed by atoms with Gasteiger partial charge in [-0.1, -0.05) is 5.16 Å². The summed E-state index contributed by atoms with van der Waals surface area (Å²) in [6.07, 6.45) is -0.629. The molecule has 0 saturated heterocycles. The summed E-state index contributed by atoms with van der Waals surface area (Å²) in [6.45, 7) is 3.84. The molecule has 0 aliphatic carbocycles. The van der Waals surface area contributed by atoms with Gasteiger partial charge in [-0.25, -0.2) is 4.79 Å². The number of ether oxygens (including phenoxy) is 2. The van der Waals surface area contributed by atoms with Crippen LogP contribution in [0.2, 0.25) is 0 Å². The Morgan fingerprint density at radius 3 is 2.40 bits per heavy atom. The number of hydrogen-bond acceptors (Lipinski definition) is 5. The Kier molecular flexibility index (Phi) is 5.88. The number of hydrogen-bond donors (Lipinski definition) is 1. The lowest BCUT2D eigenvalue weighted by molar-refractivity contribution is 0.0695. The Morgan fingerprint density at radius 1 is 1.40 bits per heavy atom. The van der Waals surface area contributed by atoms with Crippen LogP contribution in [0.4, 0.5) is 4.79 Å². The van der Waals surface area contributed by atoms with Gasteiger partial charge >= 0.3 is 6.09 Å². The zero-order chi connectivity index (χ0) is 11.9. The molecule has 0 spiro atoms. The van der Waals surface area contributed by atoms with Crippen molar-refractivity contribution in [2.45, 2.75) is 19.4 Å². The molecule has 0 fully saturated rings. The summed E-state index contributed by atoms with van der Waals surface area (Å²) < 4.78 is 10.1. The summed E-state index contributed by atoms with van der Waals surface area (Å²) in [4.78, 5) is 15.4. The second-order valence-corrected chi connectivity index (χ2v) is 3.31. The molecule has 6 heteroatoms. The number of amides is 1. The molecular weight excluding hydrogens is 200 g/mol. The van der Waals surface area contributed by atoms with E-state index in [4.69, 9.17) is 9.47 Å². The van der Waals surface area contributed by atoms with Crippen molar-refractivity contribution in [3.63, 3.8) is 0 Å². The van der Waals surface area contributed by atoms with Crippen molar-refractivity contribution in [3.8, 4) is 0 Å². The Morgan fingerprint density at radius 2 is 2.00 bits per heavy atom. The zero-order valence-corrected chi connectivity index (χ0v) is 9.79. The van der Waals surface area contributed by atoms with Crippen LogP contribution >= 0.6 is 0 Å². The predicted octanol–water partition coefficient (Wildman–Crippen LogP) is 0.770. The van der Waals surface area contributed by atoms with Gasteiger partial charge in [0.2, 0.25) is 0 Å². The summed E-state index contributed by atoms with van der Waals surface area (Å²) in [7, 11) is 4.53. The van der Waals surface area contributed by atoms with Crippen molar-refractivity contribution in [1.82, 2.24) is 5.32 Å². The largest absolute Gasteiger partial charge is 0.433 e. The van der Waals surface area contributed by atoms with Crippen LogP contribution in [-0.4, -0.2) is 45.3 Å². The van der Waals surface area contributed by atoms with Gasteiger partial charge in [0.05, 0.1) is 6.61 Å². The van der Waals surface area contributed by atoms with E-state index >= 15 is 0 Å². The molecule has 0 aromatic heterocycles. The van der Waals surface area contributed by atoms with Gasteiger partial charge in [0, 0.05) is 21.3 Å². The number of oxime groups is 1. The lowest BCUT2D eigenvalue weighted by Crippen LogP contribution is -2.37. The number of carbonyl (C=O) groups excluding carboxylic acids is 1. The molecule has 1 N–H and O–H groups in total. The maximum absolute atomic E-state index is 10.8. The first kappa shape index (κ1) is 13.9. The van der Waals surface area contributed by atoms with Crippen LogP contribution < -0.4 is 5.32 Å². The van der Waals surface area contributed by atoms with Crippen molar-refractivity contribution in [2.24, 2.45) is 5.16 Å². The molecule has 0 saturated carbocycles. The molecule has 0 unspecified atom stereocenters. The fourth-order valence-electron chi connectivity index (χ4n) is 0.707. The number of nitrogens with one attached hydrogen (secondary N) is 1. The topological polar surface area (TPSA) is 69.2 Å². The molecule has 15 heavy (non-hydrogen) atoms. The van der Waals surface area contributed by atoms with Crippen LogP contribution in [0, 0.1) is 0 Å². The predicted molar refractivity (Wildman–Crippen MR) is 55.9 cm³/mol. The highest BCUT2D eigenvalue weighted by atomic mass is 16.7. The lowest BCUT2D eigenvalue weighted by Gasteiger charge is -2.23. The molecule has 0 rings (SSSR count). The van der Waals surface area contributed by atoms with E-state index in [0.717, 1.165) is 0 Å². The molecule has 0 heterocycles. The van der Waals surface area contributed by atoms with E-state index in [1.54, 1.807) is 21.0 Å². The first-order valence-corrected chi connectivity index (χ1v) is 4.48. The van der Waals surface area contributed by atoms with Crippen LogP contribution in [0.3, 0.4) is 0 Å². The molecule has 0 aliphatic rings. The highest BCUT2D eigenvalue weighted by molar-refractivity contribution is 5.93. The molecular formula is C9H18N2O4. The first-order valence-electron chi connectivity index (χ1n) is 4.48. The maximum Gasteiger partial charge on any atom is 0.433 e. The van der Waals surface area contributed by atoms with Crippen LogP contribution in [0.1, 0.15) is 13.8 Å². The van der Waals surface area contributed by atoms with E-state index in [2.05, 4.69) is 15.3 Å². The third-order valence-electron chi connectivity index (χ3n) is 1.93. The Labute approximate surface area is 89.6 Å². The number of carbonyl (C=O) groups is 1. The van der Waals surface area contributed by atoms with Crippen LogP contribution in [0.15, 0.2) is 5.16 Å². The third kappa shape index (κ3) is 4.75. The monoisotopic (exact) mass is 218 g/mol. The first-order chi connectivity index (χ1) is 6.97. The van der Waals surface area contributed by atoms with Crippen LogP contribution in [0.25, 0.3) is 0 Å². The van der Waals surface area contributed by atoms with E-state index in [9.17, 15) is 4.79 Å². The van der Waals surface area contributed by atoms with E-state index < -0.39 is 11.7 Å². The van der Waals surface area contributed by atoms with Gasteiger partial charge in [-0.15, -0.1) is 0 Å². The molecule has 1 amide bonds. The number of rotatable bonds is 5. The molecule has 88 valence electrons. The van der Waals surface area contributed by atoms with Crippen molar-refractivity contribution < 1.29 is 19.1 Å². The van der Waals surface area contributed by atoms with E-state index in [-0.39, 0.29) is 6.61 Å². The quantitative estimate of drug-likeness (QED) is 0.420. The van der Waals surface area contributed by atoms with Crippen molar-refractivity contribution >= 4 is 11.8 Å². The van der Waals surface area contributed by atoms with Gasteiger partial charge in [0.25, 0.3) is 0 Å². The van der Waals surface area contributed by atoms with Crippen molar-refractivity contribution in [2.75, 3.05) is 27.9 Å². The van der Waals surface area contributed by atoms with E-state index in [1.165, 1.54) is 14.2 Å². The molecule has 0 aromatic rings. The lowest BCUT2D eigenvalue weighted by atomic mass is 10.0. The highest BCUT2D eigenvalue weighted by Gasteiger charge is 2.25. The standard InChI is InChI=1S/C9H18N2O4/c1-9(2,14-5)7(6-13-4)11-15-8(12)10-3/h6H2,1-5H3,(H,10,12). The van der Waals surface area contributed by atoms with Crippen LogP contribution in [-0.2, 0) is 14.3 Å². The minimum Gasteiger partial charge on any atom is -0.378 e. The molecule has 0 atom stereocenters. The molecule has 0 radical (unpaired) electrons. The Hall–Kier alpha value is -1.14. The van der Waals surface area contributed by atoms with Gasteiger partial charge in [-0.3, -0.25) is 4.84 Å². The summed E-state index contributed by atoms with van der Waals surface area (Å²) in [5.74, 6) is 0. The average Bonchev–Trinajstić information content (AvgIpc) is 2.23. The number of nitrogens with zero attached hydrogens (tertiary/aromatic N) is 1. The third-order valence-corrected chi connectivity index (χ3v) is 1.93. The summed E-state index contributed by atoms with van der Waals surface area (Å²) in [6, 6.07) is 0. The van der Waals surface area contributed by atoms with Crippen molar-refractivity contribution in [1.29, 1.82) is 0 Å². The van der Waals surface area contributed by atoms with Crippen LogP contribution in [0.5, 0.6) is 0 Å². The zero-order valence-electron chi connectivity index (χ0n) is 9.79. The second-order valence-electron chi connectivity index (χ2n) is 3.31. The smallest absolute Gasteiger partial charge is 0.378 e. The van der Waals surface area contributed by atoms with Gasteiger partial charge < -0.3 is 14.8 Å². The molecule has 0 aromatic carbocycles. The minimum absolute atomic E-state index is 0.234. The van der Waals surface area contributed by atoms with E-state index in [1.807, 2.05) is 0 Å². The molecule has 0 bridgehead atoms. The summed E-state index contributed by atoms with van der Waals surface area (Å²) >= 11 is 0. The SMILES string of the molecule is CNC(=O)ON=C(COC)C(C)(C)OC. The summed E-state index contributed by atoms with van der Waals surface area (Å²) in [5, 5.41) is 5.96. The van der Waals surface area contributed by atoms with Gasteiger partial charge in [0.15, 0.2) is 0 Å². The Balaban J connectivity index is 4.57. The number of methoxy groups -OCH3 is 2. The fourth-order valence-corrected chi connectivity index (χ4v) is 0.707. The van der Waals surface area contributed by atoms with Crippen molar-refractivity contribution in [3.05, 3.63) is 0 Å². The average molecular weight is 218 g/mol. The normalized spacial score (nSPS) is 12.5. The minimum atomic E-state index is -0.635. The van der Waals surface area contributed by atoms with E-state index in [0.29, 0.717) is 5.71 Å². The molecule has 0 aliphatic heterocycles. The van der Waals surface area contributed by atoms with Gasteiger partial charge in [-0.2, -0.15) is 0 Å². The van der Waals surface area contributed by atoms with Gasteiger partial charge in [-0.05, 0) is 13.8 Å². The van der Waals surface area contributed by atoms with Gasteiger partial charge in [0.1, 0.15) is 11.3 Å².